The van der Waals surface area contributed by atoms with Gasteiger partial charge in [-0.15, -0.1) is 0 Å². The van der Waals surface area contributed by atoms with E-state index in [0.29, 0.717) is 28.7 Å². The second-order valence-electron chi connectivity index (χ2n) is 4.96. The normalized spacial score (nSPS) is 10.2. The molecule has 0 radical (unpaired) electrons. The van der Waals surface area contributed by atoms with Crippen molar-refractivity contribution in [3.05, 3.63) is 58.6 Å². The molecule has 0 unspecified atom stereocenters. The largest absolute Gasteiger partial charge is 0.493 e. The van der Waals surface area contributed by atoms with Crippen LogP contribution in [0.1, 0.15) is 15.9 Å². The highest BCUT2D eigenvalue weighted by Gasteiger charge is 2.17. The monoisotopic (exact) mass is 319 g/mol. The van der Waals surface area contributed by atoms with Crippen LogP contribution in [0.2, 0.25) is 5.02 Å². The third-order valence-corrected chi connectivity index (χ3v) is 3.39. The Bertz CT molecular complexity index is 656. The Morgan fingerprint density at radius 3 is 2.45 bits per heavy atom. The molecule has 0 saturated heterocycles. The summed E-state index contributed by atoms with van der Waals surface area (Å²) in [6.45, 7) is 0.373. The Labute approximate surface area is 135 Å². The topological polar surface area (TPSA) is 38.8 Å². The van der Waals surface area contributed by atoms with Crippen LogP contribution in [0.25, 0.3) is 0 Å². The Morgan fingerprint density at radius 2 is 1.86 bits per heavy atom. The zero-order valence-electron chi connectivity index (χ0n) is 12.8. The summed E-state index contributed by atoms with van der Waals surface area (Å²) >= 11 is 6.25. The Kier molecular flexibility index (Phi) is 5.28. The second kappa shape index (κ2) is 7.18. The second-order valence-corrected chi connectivity index (χ2v) is 5.37. The summed E-state index contributed by atoms with van der Waals surface area (Å²) in [5.41, 5.74) is 1.48. The van der Waals surface area contributed by atoms with Crippen LogP contribution in [0.3, 0.4) is 0 Å². The molecule has 0 N–H and O–H groups in total. The lowest BCUT2D eigenvalue weighted by Gasteiger charge is -2.16. The van der Waals surface area contributed by atoms with E-state index in [0.717, 1.165) is 5.56 Å². The van der Waals surface area contributed by atoms with Crippen molar-refractivity contribution in [1.29, 1.82) is 0 Å². The van der Waals surface area contributed by atoms with E-state index in [4.69, 9.17) is 21.1 Å². The first-order chi connectivity index (χ1) is 10.5. The molecule has 0 atom stereocenters. The Balaban J connectivity index is 2.26. The molecule has 4 nitrogen and oxygen atoms in total. The van der Waals surface area contributed by atoms with Crippen molar-refractivity contribution in [2.45, 2.75) is 6.61 Å². The van der Waals surface area contributed by atoms with Gasteiger partial charge in [0.05, 0.1) is 12.1 Å². The van der Waals surface area contributed by atoms with Crippen LogP contribution in [0.5, 0.6) is 11.5 Å². The summed E-state index contributed by atoms with van der Waals surface area (Å²) in [6, 6.07) is 13.0. The van der Waals surface area contributed by atoms with Crippen LogP contribution in [0, 0.1) is 0 Å². The lowest BCUT2D eigenvalue weighted by Crippen LogP contribution is -2.21. The lowest BCUT2D eigenvalue weighted by molar-refractivity contribution is 0.0827. The van der Waals surface area contributed by atoms with Crippen LogP contribution in [0.4, 0.5) is 0 Å². The van der Waals surface area contributed by atoms with Gasteiger partial charge in [-0.3, -0.25) is 4.79 Å². The van der Waals surface area contributed by atoms with E-state index in [-0.39, 0.29) is 5.91 Å². The molecule has 0 fully saturated rings. The average Bonchev–Trinajstić information content (AvgIpc) is 2.53. The quantitative estimate of drug-likeness (QED) is 0.844. The molecule has 0 heterocycles. The lowest BCUT2D eigenvalue weighted by atomic mass is 10.1. The van der Waals surface area contributed by atoms with Gasteiger partial charge in [0, 0.05) is 19.7 Å². The van der Waals surface area contributed by atoms with Crippen molar-refractivity contribution in [2.75, 3.05) is 21.2 Å². The van der Waals surface area contributed by atoms with Gasteiger partial charge in [-0.25, -0.2) is 0 Å². The van der Waals surface area contributed by atoms with Crippen LogP contribution >= 0.6 is 11.6 Å². The Hall–Kier alpha value is -2.20. The minimum absolute atomic E-state index is 0.144. The number of hydrogen-bond donors (Lipinski definition) is 0. The molecule has 0 aliphatic heterocycles. The number of amides is 1. The predicted molar refractivity (Wildman–Crippen MR) is 86.8 cm³/mol. The summed E-state index contributed by atoms with van der Waals surface area (Å²) in [6.07, 6.45) is 0. The maximum absolute atomic E-state index is 12.0. The number of carbonyl (C=O) groups is 1. The molecule has 0 bridgehead atoms. The standard InChI is InChI=1S/C17H18ClNO3/c1-19(2)17(20)13-9-14(18)16(15(10-13)21-3)22-11-12-7-5-4-6-8-12/h4-10H,11H2,1-3H3. The highest BCUT2D eigenvalue weighted by molar-refractivity contribution is 6.32. The first-order valence-electron chi connectivity index (χ1n) is 6.79. The highest BCUT2D eigenvalue weighted by atomic mass is 35.5. The number of halogens is 1. The zero-order chi connectivity index (χ0) is 16.1. The number of benzene rings is 2. The van der Waals surface area contributed by atoms with E-state index in [1.54, 1.807) is 26.2 Å². The van der Waals surface area contributed by atoms with Crippen molar-refractivity contribution >= 4 is 17.5 Å². The molecular formula is C17H18ClNO3. The van der Waals surface area contributed by atoms with Crippen LogP contribution in [-0.2, 0) is 6.61 Å². The zero-order valence-corrected chi connectivity index (χ0v) is 13.6. The molecule has 1 amide bonds. The molecule has 0 spiro atoms. The third-order valence-electron chi connectivity index (χ3n) is 3.11. The molecule has 0 aromatic heterocycles. The summed E-state index contributed by atoms with van der Waals surface area (Å²) in [5.74, 6) is 0.728. The molecule has 5 heteroatoms. The number of nitrogens with zero attached hydrogens (tertiary/aromatic N) is 1. The number of ether oxygens (including phenoxy) is 2. The van der Waals surface area contributed by atoms with Crippen molar-refractivity contribution in [2.24, 2.45) is 0 Å². The fourth-order valence-electron chi connectivity index (χ4n) is 1.97. The van der Waals surface area contributed by atoms with Gasteiger partial charge in [0.25, 0.3) is 5.91 Å². The SMILES string of the molecule is COc1cc(C(=O)N(C)C)cc(Cl)c1OCc1ccccc1. The van der Waals surface area contributed by atoms with Gasteiger partial charge in [-0.2, -0.15) is 0 Å². The van der Waals surface area contributed by atoms with Gasteiger partial charge in [0.1, 0.15) is 6.61 Å². The fourth-order valence-corrected chi connectivity index (χ4v) is 2.24. The van der Waals surface area contributed by atoms with Crippen LogP contribution in [0.15, 0.2) is 42.5 Å². The van der Waals surface area contributed by atoms with E-state index in [1.807, 2.05) is 30.3 Å². The van der Waals surface area contributed by atoms with Crippen molar-refractivity contribution < 1.29 is 14.3 Å². The third kappa shape index (κ3) is 3.71. The molecule has 2 aromatic rings. The predicted octanol–water partition coefficient (Wildman–Crippen LogP) is 3.63. The van der Waals surface area contributed by atoms with E-state index in [2.05, 4.69) is 0 Å². The summed E-state index contributed by atoms with van der Waals surface area (Å²) < 4.78 is 11.1. The van der Waals surface area contributed by atoms with E-state index >= 15 is 0 Å². The number of carbonyl (C=O) groups excluding carboxylic acids is 1. The smallest absolute Gasteiger partial charge is 0.253 e. The van der Waals surface area contributed by atoms with E-state index < -0.39 is 0 Å². The molecule has 0 aliphatic carbocycles. The van der Waals surface area contributed by atoms with Gasteiger partial charge in [0.15, 0.2) is 11.5 Å². The van der Waals surface area contributed by atoms with Gasteiger partial charge >= 0.3 is 0 Å². The van der Waals surface area contributed by atoms with Gasteiger partial charge in [0.2, 0.25) is 0 Å². The van der Waals surface area contributed by atoms with Crippen LogP contribution in [-0.4, -0.2) is 32.0 Å². The minimum atomic E-state index is -0.144. The molecular weight excluding hydrogens is 302 g/mol. The number of hydrogen-bond acceptors (Lipinski definition) is 3. The highest BCUT2D eigenvalue weighted by Crippen LogP contribution is 2.37. The fraction of sp³-hybridized carbons (Fsp3) is 0.235. The van der Waals surface area contributed by atoms with Gasteiger partial charge in [-0.1, -0.05) is 41.9 Å². The molecule has 0 aliphatic rings. The summed E-state index contributed by atoms with van der Waals surface area (Å²) in [4.78, 5) is 13.5. The van der Waals surface area contributed by atoms with Gasteiger partial charge < -0.3 is 14.4 Å². The number of methoxy groups -OCH3 is 1. The van der Waals surface area contributed by atoms with E-state index in [1.165, 1.54) is 12.0 Å². The Morgan fingerprint density at radius 1 is 1.18 bits per heavy atom. The first kappa shape index (κ1) is 16.2. The number of rotatable bonds is 5. The molecule has 2 aromatic carbocycles. The molecule has 22 heavy (non-hydrogen) atoms. The summed E-state index contributed by atoms with van der Waals surface area (Å²) in [5, 5.41) is 0.348. The van der Waals surface area contributed by atoms with Gasteiger partial charge in [-0.05, 0) is 17.7 Å². The molecule has 0 saturated carbocycles. The first-order valence-corrected chi connectivity index (χ1v) is 7.16. The maximum Gasteiger partial charge on any atom is 0.253 e. The maximum atomic E-state index is 12.0. The van der Waals surface area contributed by atoms with E-state index in [9.17, 15) is 4.79 Å². The average molecular weight is 320 g/mol. The summed E-state index contributed by atoms with van der Waals surface area (Å²) in [7, 11) is 4.88. The van der Waals surface area contributed by atoms with Crippen molar-refractivity contribution in [1.82, 2.24) is 4.90 Å². The van der Waals surface area contributed by atoms with Crippen LogP contribution < -0.4 is 9.47 Å². The minimum Gasteiger partial charge on any atom is -0.493 e. The molecule has 116 valence electrons. The molecule has 2 rings (SSSR count). The van der Waals surface area contributed by atoms with Crippen molar-refractivity contribution in [3.63, 3.8) is 0 Å². The van der Waals surface area contributed by atoms with Crippen molar-refractivity contribution in [3.8, 4) is 11.5 Å².